The van der Waals surface area contributed by atoms with Gasteiger partial charge in [-0.25, -0.2) is 0 Å². The number of halogens is 4. The average Bonchev–Trinajstić information content (AvgIpc) is 2.43. The van der Waals surface area contributed by atoms with Gasteiger partial charge in [-0.1, -0.05) is 46.4 Å². The number of phenols is 1. The molecule has 0 bridgehead atoms. The summed E-state index contributed by atoms with van der Waals surface area (Å²) in [6, 6.07) is 6.27. The molecular weight excluding hydrogens is 356 g/mol. The zero-order valence-electron chi connectivity index (χ0n) is 10.7. The molecule has 110 valence electrons. The van der Waals surface area contributed by atoms with Gasteiger partial charge in [0.2, 0.25) is 0 Å². The molecule has 7 heteroatoms. The maximum Gasteiger partial charge on any atom is 0.259 e. The van der Waals surface area contributed by atoms with Gasteiger partial charge in [0.15, 0.2) is 0 Å². The number of amides is 1. The Kier molecular flexibility index (Phi) is 4.89. The average molecular weight is 365 g/mol. The third-order valence-corrected chi connectivity index (χ3v) is 4.30. The van der Waals surface area contributed by atoms with Crippen molar-refractivity contribution in [3.63, 3.8) is 0 Å². The lowest BCUT2D eigenvalue weighted by molar-refractivity contribution is 0.102. The van der Waals surface area contributed by atoms with Gasteiger partial charge in [0.25, 0.3) is 5.91 Å². The number of anilines is 1. The molecule has 0 fully saturated rings. The molecule has 0 aromatic heterocycles. The van der Waals surface area contributed by atoms with E-state index >= 15 is 0 Å². The lowest BCUT2D eigenvalue weighted by Gasteiger charge is -2.11. The second-order valence-corrected chi connectivity index (χ2v) is 5.90. The van der Waals surface area contributed by atoms with Crippen LogP contribution in [0.3, 0.4) is 0 Å². The van der Waals surface area contributed by atoms with Crippen molar-refractivity contribution in [2.24, 2.45) is 0 Å². The van der Waals surface area contributed by atoms with Gasteiger partial charge in [-0.05, 0) is 36.8 Å². The second-order valence-electron chi connectivity index (χ2n) is 4.30. The van der Waals surface area contributed by atoms with Crippen molar-refractivity contribution in [2.45, 2.75) is 6.92 Å². The minimum absolute atomic E-state index is 0.00458. The standard InChI is InChI=1S/C14H9Cl4NO2/c1-6-4-7(15)2-3-10(6)19-14(21)8-5-9(16)11(17)12(18)13(8)20/h2-5,20H,1H3,(H,19,21). The van der Waals surface area contributed by atoms with Crippen molar-refractivity contribution in [2.75, 3.05) is 5.32 Å². The van der Waals surface area contributed by atoms with Crippen molar-refractivity contribution in [3.8, 4) is 5.75 Å². The van der Waals surface area contributed by atoms with Gasteiger partial charge in [-0.15, -0.1) is 0 Å². The van der Waals surface area contributed by atoms with Crippen LogP contribution in [0.1, 0.15) is 15.9 Å². The fourth-order valence-corrected chi connectivity index (χ4v) is 2.54. The number of benzene rings is 2. The molecule has 0 unspecified atom stereocenters. The first kappa shape index (κ1) is 16.2. The van der Waals surface area contributed by atoms with Crippen LogP contribution in [0.15, 0.2) is 24.3 Å². The molecule has 0 atom stereocenters. The summed E-state index contributed by atoms with van der Waals surface area (Å²) in [7, 11) is 0. The van der Waals surface area contributed by atoms with Gasteiger partial charge in [0, 0.05) is 10.7 Å². The Morgan fingerprint density at radius 1 is 1.10 bits per heavy atom. The number of hydrogen-bond acceptors (Lipinski definition) is 2. The first-order chi connectivity index (χ1) is 9.81. The largest absolute Gasteiger partial charge is 0.505 e. The molecular formula is C14H9Cl4NO2. The summed E-state index contributed by atoms with van der Waals surface area (Å²) in [4.78, 5) is 12.2. The van der Waals surface area contributed by atoms with E-state index in [0.29, 0.717) is 10.7 Å². The van der Waals surface area contributed by atoms with Gasteiger partial charge in [0.05, 0.1) is 15.6 Å². The Morgan fingerprint density at radius 3 is 2.38 bits per heavy atom. The lowest BCUT2D eigenvalue weighted by Crippen LogP contribution is -2.13. The normalized spacial score (nSPS) is 10.5. The summed E-state index contributed by atoms with van der Waals surface area (Å²) < 4.78 is 0. The highest BCUT2D eigenvalue weighted by atomic mass is 35.5. The smallest absolute Gasteiger partial charge is 0.259 e. The van der Waals surface area contributed by atoms with Gasteiger partial charge in [-0.3, -0.25) is 4.79 Å². The Morgan fingerprint density at radius 2 is 1.76 bits per heavy atom. The van der Waals surface area contributed by atoms with Crippen LogP contribution in [-0.4, -0.2) is 11.0 Å². The van der Waals surface area contributed by atoms with Crippen LogP contribution in [0.5, 0.6) is 5.75 Å². The number of hydrogen-bond donors (Lipinski definition) is 2. The van der Waals surface area contributed by atoms with Gasteiger partial charge < -0.3 is 10.4 Å². The van der Waals surface area contributed by atoms with E-state index in [4.69, 9.17) is 46.4 Å². The number of carbonyl (C=O) groups is 1. The molecule has 2 rings (SSSR count). The number of carbonyl (C=O) groups excluding carboxylic acids is 1. The zero-order chi connectivity index (χ0) is 15.7. The molecule has 0 aliphatic carbocycles. The first-order valence-corrected chi connectivity index (χ1v) is 7.26. The molecule has 1 amide bonds. The van der Waals surface area contributed by atoms with Crippen LogP contribution >= 0.6 is 46.4 Å². The highest BCUT2D eigenvalue weighted by Gasteiger charge is 2.19. The van der Waals surface area contributed by atoms with Crippen molar-refractivity contribution >= 4 is 58.0 Å². The number of phenolic OH excluding ortho intramolecular Hbond substituents is 1. The molecule has 3 nitrogen and oxygen atoms in total. The van der Waals surface area contributed by atoms with E-state index in [1.807, 2.05) is 0 Å². The van der Waals surface area contributed by atoms with E-state index in [1.165, 1.54) is 6.07 Å². The number of aryl methyl sites for hydroxylation is 1. The fraction of sp³-hybridized carbons (Fsp3) is 0.0714. The fourth-order valence-electron chi connectivity index (χ4n) is 1.72. The molecule has 0 spiro atoms. The topological polar surface area (TPSA) is 49.3 Å². The summed E-state index contributed by atoms with van der Waals surface area (Å²) in [5.41, 5.74) is 1.27. The maximum atomic E-state index is 12.2. The van der Waals surface area contributed by atoms with E-state index in [0.717, 1.165) is 5.56 Å². The number of nitrogens with one attached hydrogen (secondary N) is 1. The molecule has 0 radical (unpaired) electrons. The van der Waals surface area contributed by atoms with Crippen molar-refractivity contribution in [1.29, 1.82) is 0 Å². The molecule has 2 N–H and O–H groups in total. The molecule has 0 aliphatic rings. The van der Waals surface area contributed by atoms with E-state index < -0.39 is 11.7 Å². The summed E-state index contributed by atoms with van der Waals surface area (Å²) >= 11 is 23.3. The number of aromatic hydroxyl groups is 1. The lowest BCUT2D eigenvalue weighted by atomic mass is 10.1. The van der Waals surface area contributed by atoms with Crippen LogP contribution in [0.2, 0.25) is 20.1 Å². The summed E-state index contributed by atoms with van der Waals surface area (Å²) in [5.74, 6) is -0.978. The molecule has 0 aliphatic heterocycles. The van der Waals surface area contributed by atoms with Crippen molar-refractivity contribution in [3.05, 3.63) is 55.5 Å². The minimum atomic E-state index is -0.557. The summed E-state index contributed by atoms with van der Waals surface area (Å²) in [6.45, 7) is 1.79. The van der Waals surface area contributed by atoms with E-state index in [-0.39, 0.29) is 20.6 Å². The SMILES string of the molecule is Cc1cc(Cl)ccc1NC(=O)c1cc(Cl)c(Cl)c(Cl)c1O. The predicted octanol–water partition coefficient (Wildman–Crippen LogP) is 5.57. The Labute approximate surface area is 141 Å². The first-order valence-electron chi connectivity index (χ1n) is 5.75. The Bertz CT molecular complexity index is 731. The van der Waals surface area contributed by atoms with Crippen LogP contribution in [0, 0.1) is 6.92 Å². The van der Waals surface area contributed by atoms with Crippen molar-refractivity contribution < 1.29 is 9.90 Å². The molecule has 0 saturated heterocycles. The van der Waals surface area contributed by atoms with Crippen LogP contribution in [0.25, 0.3) is 0 Å². The van der Waals surface area contributed by atoms with E-state index in [9.17, 15) is 9.90 Å². The Balaban J connectivity index is 2.37. The third-order valence-electron chi connectivity index (χ3n) is 2.82. The summed E-state index contributed by atoms with van der Waals surface area (Å²) in [6.07, 6.45) is 0. The third kappa shape index (κ3) is 3.38. The highest BCUT2D eigenvalue weighted by molar-refractivity contribution is 6.49. The molecule has 21 heavy (non-hydrogen) atoms. The Hall–Kier alpha value is -1.13. The molecule has 2 aromatic carbocycles. The van der Waals surface area contributed by atoms with Gasteiger partial charge in [-0.2, -0.15) is 0 Å². The predicted molar refractivity (Wildman–Crippen MR) is 87.3 cm³/mol. The monoisotopic (exact) mass is 363 g/mol. The maximum absolute atomic E-state index is 12.2. The van der Waals surface area contributed by atoms with Gasteiger partial charge in [0.1, 0.15) is 10.8 Å². The zero-order valence-corrected chi connectivity index (χ0v) is 13.7. The molecule has 0 heterocycles. The molecule has 0 saturated carbocycles. The van der Waals surface area contributed by atoms with Crippen LogP contribution in [0.4, 0.5) is 5.69 Å². The van der Waals surface area contributed by atoms with Gasteiger partial charge >= 0.3 is 0 Å². The van der Waals surface area contributed by atoms with E-state index in [1.54, 1.807) is 25.1 Å². The number of rotatable bonds is 2. The summed E-state index contributed by atoms with van der Waals surface area (Å²) in [5, 5.41) is 13.0. The highest BCUT2D eigenvalue weighted by Crippen LogP contribution is 2.39. The van der Waals surface area contributed by atoms with Crippen LogP contribution in [-0.2, 0) is 0 Å². The second kappa shape index (κ2) is 6.32. The minimum Gasteiger partial charge on any atom is -0.505 e. The quantitative estimate of drug-likeness (QED) is 0.684. The van der Waals surface area contributed by atoms with E-state index in [2.05, 4.69) is 5.32 Å². The van der Waals surface area contributed by atoms with Crippen molar-refractivity contribution in [1.82, 2.24) is 0 Å². The molecule has 2 aromatic rings. The van der Waals surface area contributed by atoms with Crippen LogP contribution < -0.4 is 5.32 Å².